The van der Waals surface area contributed by atoms with Crippen LogP contribution in [0.4, 0.5) is 22.9 Å². The van der Waals surface area contributed by atoms with E-state index in [1.54, 1.807) is 12.1 Å². The van der Waals surface area contributed by atoms with Gasteiger partial charge in [-0.3, -0.25) is 10.1 Å². The largest absolute Gasteiger partial charge is 0.450 e. The summed E-state index contributed by atoms with van der Waals surface area (Å²) >= 11 is 6.02. The van der Waals surface area contributed by atoms with Crippen molar-refractivity contribution in [2.24, 2.45) is 0 Å². The van der Waals surface area contributed by atoms with Gasteiger partial charge < -0.3 is 15.5 Å². The molecule has 2 heterocycles. The molecule has 124 valence electrons. The third kappa shape index (κ3) is 2.58. The molecule has 0 aliphatic heterocycles. The van der Waals surface area contributed by atoms with Gasteiger partial charge in [0, 0.05) is 12.1 Å². The summed E-state index contributed by atoms with van der Waals surface area (Å²) in [7, 11) is 0. The molecular weight excluding hydrogens is 346 g/mol. The zero-order valence-corrected chi connectivity index (χ0v) is 13.3. The lowest BCUT2D eigenvalue weighted by atomic mass is 10.2. The number of hydrogen-bond donors (Lipinski definition) is 2. The molecule has 8 nitrogen and oxygen atoms in total. The number of nitro benzene ring substituents is 1. The molecule has 9 heteroatoms. The van der Waals surface area contributed by atoms with Crippen molar-refractivity contribution in [2.75, 3.05) is 11.1 Å². The molecule has 0 aliphatic rings. The van der Waals surface area contributed by atoms with Gasteiger partial charge in [0.2, 0.25) is 5.28 Å². The van der Waals surface area contributed by atoms with Crippen LogP contribution in [-0.4, -0.2) is 14.9 Å². The summed E-state index contributed by atoms with van der Waals surface area (Å²) in [5.74, 6) is 0.326. The minimum absolute atomic E-state index is 0.0151. The monoisotopic (exact) mass is 355 g/mol. The molecule has 0 spiro atoms. The van der Waals surface area contributed by atoms with Crippen LogP contribution in [0.15, 0.2) is 46.9 Å². The number of nitrogens with zero attached hydrogens (tertiary/aromatic N) is 3. The van der Waals surface area contributed by atoms with E-state index in [2.05, 4.69) is 15.3 Å². The van der Waals surface area contributed by atoms with E-state index < -0.39 is 4.92 Å². The van der Waals surface area contributed by atoms with Crippen molar-refractivity contribution in [2.45, 2.75) is 0 Å². The maximum Gasteiger partial charge on any atom is 0.270 e. The number of nitro groups is 1. The third-order valence-electron chi connectivity index (χ3n) is 3.69. The van der Waals surface area contributed by atoms with Gasteiger partial charge >= 0.3 is 0 Å². The number of aromatic nitrogens is 2. The smallest absolute Gasteiger partial charge is 0.270 e. The maximum atomic E-state index is 11.0. The van der Waals surface area contributed by atoms with Gasteiger partial charge in [0.25, 0.3) is 5.69 Å². The lowest BCUT2D eigenvalue weighted by molar-refractivity contribution is -0.384. The number of halogens is 1. The Balaban J connectivity index is 1.94. The average Bonchev–Trinajstić information content (AvgIpc) is 2.95. The van der Waals surface area contributed by atoms with Crippen molar-refractivity contribution in [1.29, 1.82) is 0 Å². The Morgan fingerprint density at radius 2 is 2.00 bits per heavy atom. The van der Waals surface area contributed by atoms with Crippen LogP contribution in [-0.2, 0) is 0 Å². The van der Waals surface area contributed by atoms with Crippen LogP contribution in [0.1, 0.15) is 0 Å². The van der Waals surface area contributed by atoms with Crippen molar-refractivity contribution in [3.8, 4) is 0 Å². The number of benzene rings is 2. The molecular formula is C16H10ClN5O3. The number of nitrogens with one attached hydrogen (secondary N) is 1. The van der Waals surface area contributed by atoms with Crippen LogP contribution in [0.25, 0.3) is 22.1 Å². The molecule has 0 unspecified atom stereocenters. The van der Waals surface area contributed by atoms with E-state index in [1.165, 1.54) is 18.2 Å². The number of rotatable bonds is 3. The molecule has 0 amide bonds. The highest BCUT2D eigenvalue weighted by Crippen LogP contribution is 2.35. The molecule has 0 aliphatic carbocycles. The number of furan rings is 1. The van der Waals surface area contributed by atoms with Gasteiger partial charge in [0.05, 0.1) is 21.7 Å². The zero-order chi connectivity index (χ0) is 17.6. The number of fused-ring (bicyclic) bond motifs is 3. The first-order valence-electron chi connectivity index (χ1n) is 7.18. The first-order valence-corrected chi connectivity index (χ1v) is 7.56. The van der Waals surface area contributed by atoms with Crippen LogP contribution in [0.3, 0.4) is 0 Å². The molecule has 0 bridgehead atoms. The van der Waals surface area contributed by atoms with E-state index in [9.17, 15) is 10.1 Å². The van der Waals surface area contributed by atoms with Crippen LogP contribution < -0.4 is 11.1 Å². The fourth-order valence-corrected chi connectivity index (χ4v) is 2.71. The summed E-state index contributed by atoms with van der Waals surface area (Å²) in [4.78, 5) is 18.8. The maximum absolute atomic E-state index is 11.0. The third-order valence-corrected chi connectivity index (χ3v) is 3.86. The molecule has 4 aromatic rings. The van der Waals surface area contributed by atoms with Gasteiger partial charge in [0.1, 0.15) is 11.1 Å². The Kier molecular flexibility index (Phi) is 3.40. The number of anilines is 3. The Morgan fingerprint density at radius 3 is 2.76 bits per heavy atom. The molecule has 25 heavy (non-hydrogen) atoms. The highest BCUT2D eigenvalue weighted by atomic mass is 35.5. The van der Waals surface area contributed by atoms with Crippen molar-refractivity contribution in [1.82, 2.24) is 9.97 Å². The lowest BCUT2D eigenvalue weighted by Crippen LogP contribution is -1.99. The van der Waals surface area contributed by atoms with E-state index >= 15 is 0 Å². The van der Waals surface area contributed by atoms with Crippen LogP contribution in [0.2, 0.25) is 5.28 Å². The second-order valence-electron chi connectivity index (χ2n) is 5.27. The zero-order valence-electron chi connectivity index (χ0n) is 12.6. The molecule has 0 fully saturated rings. The summed E-state index contributed by atoms with van der Waals surface area (Å²) in [5.41, 5.74) is 8.19. The van der Waals surface area contributed by atoms with Gasteiger partial charge in [-0.25, -0.2) is 4.98 Å². The van der Waals surface area contributed by atoms with Gasteiger partial charge in [-0.15, -0.1) is 0 Å². The number of hydrogen-bond acceptors (Lipinski definition) is 7. The summed E-state index contributed by atoms with van der Waals surface area (Å²) in [6.07, 6.45) is 0. The number of nitrogens with two attached hydrogens (primary N) is 1. The van der Waals surface area contributed by atoms with Crippen molar-refractivity contribution in [3.05, 3.63) is 57.9 Å². The van der Waals surface area contributed by atoms with Gasteiger partial charge in [-0.2, -0.15) is 4.98 Å². The molecule has 4 rings (SSSR count). The molecule has 0 saturated carbocycles. The van der Waals surface area contributed by atoms with Crippen LogP contribution in [0.5, 0.6) is 0 Å². The first-order chi connectivity index (χ1) is 12.0. The number of nitrogen functional groups attached to an aromatic ring is 1. The van der Waals surface area contributed by atoms with E-state index in [1.807, 2.05) is 12.1 Å². The minimum atomic E-state index is -0.481. The van der Waals surface area contributed by atoms with Gasteiger partial charge in [0.15, 0.2) is 11.4 Å². The molecule has 2 aromatic heterocycles. The highest BCUT2D eigenvalue weighted by molar-refractivity contribution is 6.29. The standard InChI is InChI=1S/C16H10ClN5O3/c17-16-20-13-9-7-8(22(23)24)5-6-12(9)25-14(13)15(21-16)19-11-4-2-1-3-10(11)18/h1-7H,18H2,(H,19,20,21). The van der Waals surface area contributed by atoms with E-state index in [4.69, 9.17) is 21.8 Å². The highest BCUT2D eigenvalue weighted by Gasteiger charge is 2.18. The van der Waals surface area contributed by atoms with Gasteiger partial charge in [-0.05, 0) is 29.8 Å². The van der Waals surface area contributed by atoms with Crippen molar-refractivity contribution in [3.63, 3.8) is 0 Å². The quantitative estimate of drug-likeness (QED) is 0.244. The summed E-state index contributed by atoms with van der Waals surface area (Å²) in [6.45, 7) is 0. The SMILES string of the molecule is Nc1ccccc1Nc1nc(Cl)nc2c1oc1ccc([N+](=O)[O-])cc12. The van der Waals surface area contributed by atoms with Gasteiger partial charge in [-0.1, -0.05) is 12.1 Å². The van der Waals surface area contributed by atoms with Crippen LogP contribution in [0, 0.1) is 10.1 Å². The first kappa shape index (κ1) is 15.2. The molecule has 2 aromatic carbocycles. The predicted octanol–water partition coefficient (Wildman–Crippen LogP) is 4.26. The van der Waals surface area contributed by atoms with Crippen LogP contribution >= 0.6 is 11.6 Å². The summed E-state index contributed by atoms with van der Waals surface area (Å²) in [6, 6.07) is 11.4. The van der Waals surface area contributed by atoms with Crippen molar-refractivity contribution < 1.29 is 9.34 Å². The fraction of sp³-hybridized carbons (Fsp3) is 0. The Bertz CT molecular complexity index is 1140. The normalized spacial score (nSPS) is 11.1. The topological polar surface area (TPSA) is 120 Å². The second-order valence-corrected chi connectivity index (χ2v) is 5.61. The molecule has 3 N–H and O–H groups in total. The second kappa shape index (κ2) is 5.60. The Labute approximate surface area is 145 Å². The predicted molar refractivity (Wildman–Crippen MR) is 95.1 cm³/mol. The van der Waals surface area contributed by atoms with E-state index in [0.717, 1.165) is 0 Å². The lowest BCUT2D eigenvalue weighted by Gasteiger charge is -2.08. The van der Waals surface area contributed by atoms with Crippen molar-refractivity contribution >= 4 is 56.5 Å². The Hall–Kier alpha value is -3.39. The summed E-state index contributed by atoms with van der Waals surface area (Å²) in [5, 5.41) is 14.5. The fourth-order valence-electron chi connectivity index (χ4n) is 2.54. The van der Waals surface area contributed by atoms with E-state index in [-0.39, 0.29) is 11.0 Å². The molecule has 0 atom stereocenters. The number of non-ortho nitro benzene ring substituents is 1. The molecule has 0 radical (unpaired) electrons. The summed E-state index contributed by atoms with van der Waals surface area (Å²) < 4.78 is 5.78. The minimum Gasteiger partial charge on any atom is -0.450 e. The molecule has 0 saturated heterocycles. The van der Waals surface area contributed by atoms with E-state index in [0.29, 0.717) is 39.3 Å². The average molecular weight is 356 g/mol. The Morgan fingerprint density at radius 1 is 1.20 bits per heavy atom. The number of para-hydroxylation sites is 2.